The minimum atomic E-state index is -1.84. The van der Waals surface area contributed by atoms with E-state index >= 15 is 0 Å². The Balaban J connectivity index is 2.93. The summed E-state index contributed by atoms with van der Waals surface area (Å²) in [6.45, 7) is 3.34. The largest absolute Gasteiger partial charge is 0.373 e. The van der Waals surface area contributed by atoms with Crippen molar-refractivity contribution in [3.05, 3.63) is 0 Å². The van der Waals surface area contributed by atoms with E-state index in [1.165, 1.54) is 0 Å². The minimum Gasteiger partial charge on any atom is -0.373 e. The van der Waals surface area contributed by atoms with Crippen molar-refractivity contribution in [1.29, 1.82) is 0 Å². The molecule has 0 saturated carbocycles. The molecule has 0 rings (SSSR count). The molecule has 0 aliphatic heterocycles. The van der Waals surface area contributed by atoms with Gasteiger partial charge in [-0.1, -0.05) is 0 Å². The summed E-state index contributed by atoms with van der Waals surface area (Å²) in [7, 11) is 0. The molecule has 0 aromatic carbocycles. The molecule has 2 nitrogen and oxygen atoms in total. The zero-order valence-corrected chi connectivity index (χ0v) is 5.10. The zero-order valence-electron chi connectivity index (χ0n) is 5.10. The van der Waals surface area contributed by atoms with Gasteiger partial charge < -0.3 is 9.84 Å². The van der Waals surface area contributed by atoms with Crippen LogP contribution in [0.2, 0.25) is 0 Å². The van der Waals surface area contributed by atoms with Crippen LogP contribution < -0.4 is 0 Å². The number of rotatable bonds is 3. The Morgan fingerprint density at radius 3 is 2.25 bits per heavy atom. The van der Waals surface area contributed by atoms with Crippen LogP contribution in [0, 0.1) is 0 Å². The van der Waals surface area contributed by atoms with E-state index in [-0.39, 0.29) is 12.7 Å². The van der Waals surface area contributed by atoms with Crippen molar-refractivity contribution in [1.82, 2.24) is 0 Å². The second-order valence-corrected chi connectivity index (χ2v) is 1.82. The third-order valence-corrected chi connectivity index (χ3v) is 0.567. The lowest BCUT2D eigenvalue weighted by atomic mass is 10.5. The van der Waals surface area contributed by atoms with Crippen LogP contribution in [-0.4, -0.2) is 24.2 Å². The van der Waals surface area contributed by atoms with Gasteiger partial charge in [0.25, 0.3) is 0 Å². The van der Waals surface area contributed by atoms with Crippen molar-refractivity contribution in [2.75, 3.05) is 6.61 Å². The average molecular weight is 122 g/mol. The second-order valence-electron chi connectivity index (χ2n) is 1.82. The van der Waals surface area contributed by atoms with Crippen LogP contribution in [0.3, 0.4) is 0 Å². The van der Waals surface area contributed by atoms with E-state index in [4.69, 9.17) is 5.11 Å². The van der Waals surface area contributed by atoms with Gasteiger partial charge in [-0.3, -0.25) is 0 Å². The minimum absolute atomic E-state index is 0.0135. The maximum Gasteiger partial charge on any atom is 0.220 e. The predicted octanol–water partition coefficient (Wildman–Crippen LogP) is 0.699. The molecule has 0 amide bonds. The van der Waals surface area contributed by atoms with E-state index in [9.17, 15) is 4.39 Å². The third kappa shape index (κ3) is 5.85. The van der Waals surface area contributed by atoms with Crippen LogP contribution in [0.15, 0.2) is 0 Å². The van der Waals surface area contributed by atoms with Gasteiger partial charge in [-0.2, -0.15) is 0 Å². The molecule has 0 aromatic heterocycles. The van der Waals surface area contributed by atoms with E-state index in [0.717, 1.165) is 0 Å². The highest BCUT2D eigenvalue weighted by Gasteiger charge is 1.99. The molecule has 8 heavy (non-hydrogen) atoms. The molecular formula is C5H11FO2. The summed E-state index contributed by atoms with van der Waals surface area (Å²) in [4.78, 5) is 0. The van der Waals surface area contributed by atoms with Gasteiger partial charge in [0.05, 0.1) is 6.10 Å². The highest BCUT2D eigenvalue weighted by molar-refractivity contribution is 4.37. The van der Waals surface area contributed by atoms with Crippen molar-refractivity contribution in [2.45, 2.75) is 26.3 Å². The summed E-state index contributed by atoms with van der Waals surface area (Å²) in [5, 5.41) is 8.01. The fourth-order valence-electron chi connectivity index (χ4n) is 0.272. The first-order chi connectivity index (χ1) is 3.63. The number of aliphatic hydroxyl groups excluding tert-OH is 1. The number of halogens is 1. The molecule has 3 heteroatoms. The van der Waals surface area contributed by atoms with Crippen LogP contribution >= 0.6 is 0 Å². The lowest BCUT2D eigenvalue weighted by molar-refractivity contribution is -0.0565. The van der Waals surface area contributed by atoms with E-state index in [1.54, 1.807) is 13.8 Å². The van der Waals surface area contributed by atoms with Crippen LogP contribution in [0.5, 0.6) is 0 Å². The first-order valence-electron chi connectivity index (χ1n) is 2.56. The summed E-state index contributed by atoms with van der Waals surface area (Å²) in [5.74, 6) is 0. The maximum atomic E-state index is 11.5. The Morgan fingerprint density at radius 2 is 2.12 bits per heavy atom. The number of hydrogen-bond donors (Lipinski definition) is 1. The first kappa shape index (κ1) is 7.85. The Labute approximate surface area is 48.3 Å². The smallest absolute Gasteiger partial charge is 0.220 e. The van der Waals surface area contributed by atoms with Crippen molar-refractivity contribution in [2.24, 2.45) is 0 Å². The Bertz CT molecular complexity index is 46.4. The van der Waals surface area contributed by atoms with Crippen molar-refractivity contribution in [3.63, 3.8) is 0 Å². The SMILES string of the molecule is CC(C)OCC(O)F. The van der Waals surface area contributed by atoms with Gasteiger partial charge in [-0.25, -0.2) is 4.39 Å². The van der Waals surface area contributed by atoms with Gasteiger partial charge in [0.2, 0.25) is 6.36 Å². The summed E-state index contributed by atoms with van der Waals surface area (Å²) >= 11 is 0. The topological polar surface area (TPSA) is 29.5 Å². The van der Waals surface area contributed by atoms with Gasteiger partial charge in [0.1, 0.15) is 6.61 Å². The van der Waals surface area contributed by atoms with E-state index in [2.05, 4.69) is 4.74 Å². The van der Waals surface area contributed by atoms with Crippen molar-refractivity contribution < 1.29 is 14.2 Å². The molecule has 0 aliphatic carbocycles. The molecule has 1 unspecified atom stereocenters. The first-order valence-corrected chi connectivity index (χ1v) is 2.56. The standard InChI is InChI=1S/C5H11FO2/c1-4(2)8-3-5(6)7/h4-5,7H,3H2,1-2H3. The van der Waals surface area contributed by atoms with Crippen LogP contribution in [0.4, 0.5) is 4.39 Å². The van der Waals surface area contributed by atoms with Gasteiger partial charge in [-0.15, -0.1) is 0 Å². The lowest BCUT2D eigenvalue weighted by Gasteiger charge is -2.05. The zero-order chi connectivity index (χ0) is 6.57. The van der Waals surface area contributed by atoms with Crippen LogP contribution in [0.1, 0.15) is 13.8 Å². The van der Waals surface area contributed by atoms with Gasteiger partial charge >= 0.3 is 0 Å². The van der Waals surface area contributed by atoms with E-state index in [0.29, 0.717) is 0 Å². The lowest BCUT2D eigenvalue weighted by Crippen LogP contribution is -2.13. The third-order valence-electron chi connectivity index (χ3n) is 0.567. The molecule has 0 bridgehead atoms. The number of aliphatic hydroxyl groups is 1. The fraction of sp³-hybridized carbons (Fsp3) is 1.00. The molecule has 0 fully saturated rings. The van der Waals surface area contributed by atoms with Gasteiger partial charge in [-0.05, 0) is 13.8 Å². The maximum absolute atomic E-state index is 11.5. The molecule has 1 N–H and O–H groups in total. The molecule has 50 valence electrons. The predicted molar refractivity (Wildman–Crippen MR) is 28.2 cm³/mol. The monoisotopic (exact) mass is 122 g/mol. The summed E-state index contributed by atoms with van der Waals surface area (Å²) in [5.41, 5.74) is 0. The highest BCUT2D eigenvalue weighted by Crippen LogP contribution is 1.90. The Morgan fingerprint density at radius 1 is 1.62 bits per heavy atom. The van der Waals surface area contributed by atoms with Crippen molar-refractivity contribution in [3.8, 4) is 0 Å². The number of hydrogen-bond acceptors (Lipinski definition) is 2. The summed E-state index contributed by atoms with van der Waals surface area (Å²) in [6.07, 6.45) is -1.85. The van der Waals surface area contributed by atoms with E-state index in [1.807, 2.05) is 0 Å². The van der Waals surface area contributed by atoms with Crippen LogP contribution in [-0.2, 0) is 4.74 Å². The summed E-state index contributed by atoms with van der Waals surface area (Å²) < 4.78 is 16.2. The molecule has 1 atom stereocenters. The highest BCUT2D eigenvalue weighted by atomic mass is 19.1. The normalized spacial score (nSPS) is 14.6. The number of ether oxygens (including phenoxy) is 1. The van der Waals surface area contributed by atoms with E-state index < -0.39 is 6.36 Å². The van der Waals surface area contributed by atoms with Crippen LogP contribution in [0.25, 0.3) is 0 Å². The number of alkyl halides is 1. The molecule has 0 spiro atoms. The second kappa shape index (κ2) is 3.80. The molecule has 0 saturated heterocycles. The van der Waals surface area contributed by atoms with Gasteiger partial charge in [0, 0.05) is 0 Å². The summed E-state index contributed by atoms with van der Waals surface area (Å²) in [6, 6.07) is 0. The molecular weight excluding hydrogens is 111 g/mol. The van der Waals surface area contributed by atoms with Gasteiger partial charge in [0.15, 0.2) is 0 Å². The Hall–Kier alpha value is -0.150. The fourth-order valence-corrected chi connectivity index (χ4v) is 0.272. The average Bonchev–Trinajstić information content (AvgIpc) is 1.61. The molecule has 0 aliphatic rings. The van der Waals surface area contributed by atoms with Crippen molar-refractivity contribution >= 4 is 0 Å². The molecule has 0 radical (unpaired) electrons. The quantitative estimate of drug-likeness (QED) is 0.597. The molecule has 0 heterocycles. The molecule has 0 aromatic rings. The Kier molecular flexibility index (Phi) is 3.73.